The zero-order chi connectivity index (χ0) is 17.1. The number of nitrogens with zero attached hydrogens (tertiary/aromatic N) is 3. The molecule has 0 unspecified atom stereocenters. The van der Waals surface area contributed by atoms with Gasteiger partial charge in [-0.05, 0) is 38.1 Å². The molecule has 9 heteroatoms. The summed E-state index contributed by atoms with van der Waals surface area (Å²) in [4.78, 5) is 24.5. The molecule has 0 aliphatic heterocycles. The average Bonchev–Trinajstić information content (AvgIpc) is 3.04. The molecule has 0 saturated heterocycles. The second kappa shape index (κ2) is 7.35. The first-order valence-electron chi connectivity index (χ1n) is 7.76. The summed E-state index contributed by atoms with van der Waals surface area (Å²) in [5, 5.41) is 16.2. The monoisotopic (exact) mass is 365 g/mol. The summed E-state index contributed by atoms with van der Waals surface area (Å²) in [7, 11) is 0. The van der Waals surface area contributed by atoms with Gasteiger partial charge in [-0.3, -0.25) is 14.7 Å². The van der Waals surface area contributed by atoms with E-state index in [2.05, 4.69) is 25.4 Å². The number of thiophene rings is 1. The summed E-state index contributed by atoms with van der Waals surface area (Å²) >= 11 is 2.93. The van der Waals surface area contributed by atoms with Gasteiger partial charge < -0.3 is 5.32 Å². The van der Waals surface area contributed by atoms with Crippen LogP contribution in [-0.4, -0.2) is 38.5 Å². The van der Waals surface area contributed by atoms with E-state index in [9.17, 15) is 9.59 Å². The van der Waals surface area contributed by atoms with Crippen LogP contribution in [0.2, 0.25) is 0 Å². The van der Waals surface area contributed by atoms with Crippen LogP contribution in [0.15, 0.2) is 22.7 Å². The van der Waals surface area contributed by atoms with E-state index in [0.29, 0.717) is 6.04 Å². The van der Waals surface area contributed by atoms with E-state index in [1.165, 1.54) is 11.8 Å². The van der Waals surface area contributed by atoms with Crippen LogP contribution in [0.4, 0.5) is 4.79 Å². The zero-order valence-corrected chi connectivity index (χ0v) is 15.1. The van der Waals surface area contributed by atoms with Crippen molar-refractivity contribution in [2.75, 3.05) is 5.75 Å². The van der Waals surface area contributed by atoms with E-state index >= 15 is 0 Å². The Morgan fingerprint density at radius 3 is 2.83 bits per heavy atom. The van der Waals surface area contributed by atoms with Gasteiger partial charge in [0.15, 0.2) is 11.0 Å². The summed E-state index contributed by atoms with van der Waals surface area (Å²) in [6.07, 6.45) is 2.21. The molecule has 1 fully saturated rings. The topological polar surface area (TPSA) is 88.9 Å². The molecule has 0 bridgehead atoms. The van der Waals surface area contributed by atoms with Crippen LogP contribution in [0.5, 0.6) is 0 Å². The molecule has 24 heavy (non-hydrogen) atoms. The van der Waals surface area contributed by atoms with Gasteiger partial charge in [0.05, 0.1) is 10.6 Å². The fourth-order valence-corrected chi connectivity index (χ4v) is 3.71. The molecule has 2 aromatic rings. The highest BCUT2D eigenvalue weighted by Crippen LogP contribution is 2.41. The average molecular weight is 365 g/mol. The van der Waals surface area contributed by atoms with E-state index in [4.69, 9.17) is 0 Å². The smallest absolute Gasteiger partial charge is 0.321 e. The van der Waals surface area contributed by atoms with Crippen molar-refractivity contribution in [1.29, 1.82) is 0 Å². The summed E-state index contributed by atoms with van der Waals surface area (Å²) in [5.74, 6) is 0.634. The van der Waals surface area contributed by atoms with Crippen molar-refractivity contribution in [3.63, 3.8) is 0 Å². The maximum absolute atomic E-state index is 11.9. The van der Waals surface area contributed by atoms with E-state index in [0.717, 1.165) is 28.7 Å². The van der Waals surface area contributed by atoms with Crippen LogP contribution >= 0.6 is 23.1 Å². The van der Waals surface area contributed by atoms with Gasteiger partial charge in [0.2, 0.25) is 5.91 Å². The predicted octanol–water partition coefficient (Wildman–Crippen LogP) is 2.67. The Kier molecular flexibility index (Phi) is 5.20. The molecule has 0 spiro atoms. The predicted molar refractivity (Wildman–Crippen MR) is 94.1 cm³/mol. The van der Waals surface area contributed by atoms with Crippen LogP contribution < -0.4 is 10.6 Å². The van der Waals surface area contributed by atoms with Crippen LogP contribution in [0.1, 0.15) is 32.7 Å². The van der Waals surface area contributed by atoms with Gasteiger partial charge in [-0.2, -0.15) is 0 Å². The van der Waals surface area contributed by atoms with Gasteiger partial charge in [-0.15, -0.1) is 21.5 Å². The first kappa shape index (κ1) is 17.0. The Morgan fingerprint density at radius 1 is 1.42 bits per heavy atom. The molecule has 2 aromatic heterocycles. The minimum Gasteiger partial charge on any atom is -0.336 e. The van der Waals surface area contributed by atoms with Crippen LogP contribution in [-0.2, 0) is 4.79 Å². The van der Waals surface area contributed by atoms with Crippen LogP contribution in [0, 0.1) is 0 Å². The molecule has 2 heterocycles. The van der Waals surface area contributed by atoms with Crippen molar-refractivity contribution < 1.29 is 9.59 Å². The molecule has 7 nitrogen and oxygen atoms in total. The highest BCUT2D eigenvalue weighted by atomic mass is 32.2. The molecule has 3 amide bonds. The molecular weight excluding hydrogens is 346 g/mol. The summed E-state index contributed by atoms with van der Waals surface area (Å²) in [6, 6.07) is 3.92. The number of imide groups is 1. The zero-order valence-electron chi connectivity index (χ0n) is 13.5. The molecule has 0 aromatic carbocycles. The Labute approximate surface area is 148 Å². The summed E-state index contributed by atoms with van der Waals surface area (Å²) < 4.78 is 2.11. The van der Waals surface area contributed by atoms with Crippen molar-refractivity contribution >= 4 is 35.0 Å². The molecule has 1 aliphatic rings. The third-order valence-electron chi connectivity index (χ3n) is 3.32. The van der Waals surface area contributed by atoms with Gasteiger partial charge in [0.1, 0.15) is 0 Å². The number of urea groups is 1. The molecule has 3 rings (SSSR count). The SMILES string of the molecule is CC(C)NC(=O)NC(=O)CSc1nnc(-c2cccs2)n1C1CC1. The number of thioether (sulfide) groups is 1. The fraction of sp³-hybridized carbons (Fsp3) is 0.467. The lowest BCUT2D eigenvalue weighted by atomic mass is 10.4. The number of hydrogen-bond donors (Lipinski definition) is 2. The molecular formula is C15H19N5O2S2. The third kappa shape index (κ3) is 4.15. The molecule has 1 saturated carbocycles. The van der Waals surface area contributed by atoms with Crippen molar-refractivity contribution in [2.24, 2.45) is 0 Å². The lowest BCUT2D eigenvalue weighted by molar-refractivity contribution is -0.117. The minimum absolute atomic E-state index is 0.0169. The molecule has 128 valence electrons. The first-order chi connectivity index (χ1) is 11.5. The summed E-state index contributed by atoms with van der Waals surface area (Å²) in [5.41, 5.74) is 0. The Hall–Kier alpha value is -1.87. The quantitative estimate of drug-likeness (QED) is 0.768. The molecule has 0 radical (unpaired) electrons. The van der Waals surface area contributed by atoms with Crippen molar-refractivity contribution in [1.82, 2.24) is 25.4 Å². The molecule has 0 atom stereocenters. The number of hydrogen-bond acceptors (Lipinski definition) is 6. The van der Waals surface area contributed by atoms with Gasteiger partial charge in [0.25, 0.3) is 0 Å². The maximum Gasteiger partial charge on any atom is 0.321 e. The number of carbonyl (C=O) groups excluding carboxylic acids is 2. The highest BCUT2D eigenvalue weighted by molar-refractivity contribution is 7.99. The lowest BCUT2D eigenvalue weighted by Crippen LogP contribution is -2.43. The normalized spacial score (nSPS) is 14.0. The van der Waals surface area contributed by atoms with Gasteiger partial charge >= 0.3 is 6.03 Å². The highest BCUT2D eigenvalue weighted by Gasteiger charge is 2.30. The van der Waals surface area contributed by atoms with Gasteiger partial charge in [-0.1, -0.05) is 17.8 Å². The van der Waals surface area contributed by atoms with Gasteiger partial charge in [-0.25, -0.2) is 4.79 Å². The Balaban J connectivity index is 1.63. The van der Waals surface area contributed by atoms with Crippen LogP contribution in [0.3, 0.4) is 0 Å². The standard InChI is InChI=1S/C15H19N5O2S2/c1-9(2)16-14(22)17-12(21)8-24-15-19-18-13(11-4-3-7-23-11)20(15)10-5-6-10/h3-4,7,9-10H,5-6,8H2,1-2H3,(H2,16,17,21,22). The number of carbonyl (C=O) groups is 2. The summed E-state index contributed by atoms with van der Waals surface area (Å²) in [6.45, 7) is 3.67. The minimum atomic E-state index is -0.474. The van der Waals surface area contributed by atoms with Crippen LogP contribution in [0.25, 0.3) is 10.7 Å². The molecule has 1 aliphatic carbocycles. The van der Waals surface area contributed by atoms with E-state index in [-0.39, 0.29) is 17.7 Å². The third-order valence-corrected chi connectivity index (χ3v) is 5.13. The van der Waals surface area contributed by atoms with Crippen molar-refractivity contribution in [3.8, 4) is 10.7 Å². The maximum atomic E-state index is 11.9. The number of rotatable bonds is 6. The van der Waals surface area contributed by atoms with Gasteiger partial charge in [0, 0.05) is 12.1 Å². The molecule has 2 N–H and O–H groups in total. The second-order valence-electron chi connectivity index (χ2n) is 5.85. The lowest BCUT2D eigenvalue weighted by Gasteiger charge is -2.09. The number of amides is 3. The van der Waals surface area contributed by atoms with Crippen molar-refractivity contribution in [2.45, 2.75) is 43.9 Å². The Morgan fingerprint density at radius 2 is 2.21 bits per heavy atom. The van der Waals surface area contributed by atoms with Crippen molar-refractivity contribution in [3.05, 3.63) is 17.5 Å². The number of nitrogens with one attached hydrogen (secondary N) is 2. The van der Waals surface area contributed by atoms with E-state index < -0.39 is 6.03 Å². The second-order valence-corrected chi connectivity index (χ2v) is 7.74. The Bertz CT molecular complexity index is 722. The largest absolute Gasteiger partial charge is 0.336 e. The first-order valence-corrected chi connectivity index (χ1v) is 9.63. The fourth-order valence-electron chi connectivity index (χ4n) is 2.20. The number of aromatic nitrogens is 3. The van der Waals surface area contributed by atoms with E-state index in [1.54, 1.807) is 11.3 Å². The van der Waals surface area contributed by atoms with E-state index in [1.807, 2.05) is 31.4 Å².